The molecule has 0 saturated carbocycles. The number of anilines is 1. The Morgan fingerprint density at radius 3 is 2.80 bits per heavy atom. The Balaban J connectivity index is 1.59. The molecule has 0 unspecified atom stereocenters. The van der Waals surface area contributed by atoms with Crippen LogP contribution < -0.4 is 10.2 Å². The van der Waals surface area contributed by atoms with Gasteiger partial charge in [-0.3, -0.25) is 4.79 Å². The van der Waals surface area contributed by atoms with Crippen LogP contribution in [0.1, 0.15) is 27.4 Å². The van der Waals surface area contributed by atoms with Crippen molar-refractivity contribution in [3.63, 3.8) is 0 Å². The second-order valence-electron chi connectivity index (χ2n) is 6.20. The summed E-state index contributed by atoms with van der Waals surface area (Å²) in [5.74, 6) is 0.817. The number of carbonyl (C=O) groups excluding carboxylic acids is 1. The van der Waals surface area contributed by atoms with Crippen LogP contribution in [0.25, 0.3) is 0 Å². The number of carbonyl (C=O) groups is 1. The lowest BCUT2D eigenvalue weighted by molar-refractivity contribution is 0.0921. The van der Waals surface area contributed by atoms with Crippen LogP contribution in [0, 0.1) is 6.92 Å². The van der Waals surface area contributed by atoms with Crippen molar-refractivity contribution in [1.82, 2.24) is 14.9 Å². The molecule has 0 bridgehead atoms. The first-order chi connectivity index (χ1) is 12.0. The zero-order valence-electron chi connectivity index (χ0n) is 14.7. The van der Waals surface area contributed by atoms with Gasteiger partial charge in [0.1, 0.15) is 5.76 Å². The number of hydrogen-bond acceptors (Lipinski definition) is 4. The average Bonchev–Trinajstić information content (AvgIpc) is 3.24. The van der Waals surface area contributed by atoms with E-state index < -0.39 is 0 Å². The smallest absolute Gasteiger partial charge is 0.287 e. The van der Waals surface area contributed by atoms with Crippen molar-refractivity contribution in [2.24, 2.45) is 0 Å². The highest BCUT2D eigenvalue weighted by Crippen LogP contribution is 2.19. The van der Waals surface area contributed by atoms with Crippen molar-refractivity contribution < 1.29 is 9.21 Å². The number of aryl methyl sites for hydroxylation is 1. The van der Waals surface area contributed by atoms with Crippen molar-refractivity contribution in [3.8, 4) is 0 Å². The van der Waals surface area contributed by atoms with Crippen molar-refractivity contribution >= 4 is 11.6 Å². The number of rotatable bonds is 6. The summed E-state index contributed by atoms with van der Waals surface area (Å²) in [5, 5.41) is 2.90. The molecule has 0 atom stereocenters. The van der Waals surface area contributed by atoms with E-state index in [-0.39, 0.29) is 5.91 Å². The van der Waals surface area contributed by atoms with Crippen molar-refractivity contribution in [2.75, 3.05) is 19.0 Å². The van der Waals surface area contributed by atoms with Crippen LogP contribution in [-0.4, -0.2) is 29.6 Å². The Morgan fingerprint density at radius 2 is 2.12 bits per heavy atom. The van der Waals surface area contributed by atoms with Crippen LogP contribution in [0.15, 0.2) is 53.5 Å². The lowest BCUT2D eigenvalue weighted by Gasteiger charge is -2.16. The number of furan rings is 1. The molecule has 0 spiro atoms. The standard InChI is InChI=1S/C19H22N4O2/c1-14-10-15(4-6-17(14)22(2)3)11-21-19(24)18-7-5-16(25-18)12-23-9-8-20-13-23/h4-10,13H,11-12H2,1-3H3,(H,21,24). The zero-order valence-corrected chi connectivity index (χ0v) is 14.7. The molecule has 0 aliphatic carbocycles. The highest BCUT2D eigenvalue weighted by molar-refractivity contribution is 5.91. The van der Waals surface area contributed by atoms with Gasteiger partial charge in [0.05, 0.1) is 12.9 Å². The largest absolute Gasteiger partial charge is 0.454 e. The van der Waals surface area contributed by atoms with Gasteiger partial charge in [-0.1, -0.05) is 12.1 Å². The summed E-state index contributed by atoms with van der Waals surface area (Å²) in [6.07, 6.45) is 5.27. The Labute approximate surface area is 147 Å². The van der Waals surface area contributed by atoms with E-state index in [0.29, 0.717) is 24.6 Å². The molecule has 0 radical (unpaired) electrons. The summed E-state index contributed by atoms with van der Waals surface area (Å²) in [5.41, 5.74) is 3.41. The van der Waals surface area contributed by atoms with Crippen LogP contribution in [0.3, 0.4) is 0 Å². The molecule has 0 aliphatic rings. The molecule has 3 aromatic rings. The van der Waals surface area contributed by atoms with Gasteiger partial charge in [-0.2, -0.15) is 0 Å². The fourth-order valence-corrected chi connectivity index (χ4v) is 2.74. The summed E-state index contributed by atoms with van der Waals surface area (Å²) in [6, 6.07) is 9.68. The van der Waals surface area contributed by atoms with Crippen LogP contribution in [-0.2, 0) is 13.1 Å². The maximum absolute atomic E-state index is 12.3. The summed E-state index contributed by atoms with van der Waals surface area (Å²) in [4.78, 5) is 18.3. The van der Waals surface area contributed by atoms with Gasteiger partial charge in [0, 0.05) is 38.7 Å². The number of imidazole rings is 1. The Hall–Kier alpha value is -3.02. The lowest BCUT2D eigenvalue weighted by atomic mass is 10.1. The van der Waals surface area contributed by atoms with Crippen LogP contribution >= 0.6 is 0 Å². The highest BCUT2D eigenvalue weighted by atomic mass is 16.4. The van der Waals surface area contributed by atoms with Gasteiger partial charge in [0.15, 0.2) is 5.76 Å². The minimum absolute atomic E-state index is 0.216. The number of benzene rings is 1. The summed E-state index contributed by atoms with van der Waals surface area (Å²) in [6.45, 7) is 3.08. The van der Waals surface area contributed by atoms with Gasteiger partial charge in [0.2, 0.25) is 0 Å². The second kappa shape index (κ2) is 7.25. The van der Waals surface area contributed by atoms with Gasteiger partial charge < -0.3 is 19.2 Å². The first-order valence-electron chi connectivity index (χ1n) is 8.12. The maximum Gasteiger partial charge on any atom is 0.287 e. The average molecular weight is 338 g/mol. The first kappa shape index (κ1) is 16.8. The fraction of sp³-hybridized carbons (Fsp3) is 0.263. The molecule has 6 heteroatoms. The van der Waals surface area contributed by atoms with E-state index >= 15 is 0 Å². The summed E-state index contributed by atoms with van der Waals surface area (Å²) in [7, 11) is 4.03. The highest BCUT2D eigenvalue weighted by Gasteiger charge is 2.11. The van der Waals surface area contributed by atoms with Crippen molar-refractivity contribution in [2.45, 2.75) is 20.0 Å². The van der Waals surface area contributed by atoms with Gasteiger partial charge in [0.25, 0.3) is 5.91 Å². The summed E-state index contributed by atoms with van der Waals surface area (Å²) >= 11 is 0. The molecule has 1 aromatic carbocycles. The fourth-order valence-electron chi connectivity index (χ4n) is 2.74. The molecule has 1 amide bonds. The van der Waals surface area contributed by atoms with Gasteiger partial charge >= 0.3 is 0 Å². The third-order valence-corrected chi connectivity index (χ3v) is 3.98. The molecule has 0 aliphatic heterocycles. The predicted molar refractivity (Wildman–Crippen MR) is 96.7 cm³/mol. The molecule has 1 N–H and O–H groups in total. The van der Waals surface area contributed by atoms with E-state index in [1.165, 1.54) is 11.3 Å². The van der Waals surface area contributed by atoms with E-state index in [2.05, 4.69) is 34.3 Å². The number of nitrogens with one attached hydrogen (secondary N) is 1. The number of aromatic nitrogens is 2. The topological polar surface area (TPSA) is 63.3 Å². The number of nitrogens with zero attached hydrogens (tertiary/aromatic N) is 3. The Kier molecular flexibility index (Phi) is 4.88. The monoisotopic (exact) mass is 338 g/mol. The molecule has 0 saturated heterocycles. The molecular formula is C19H22N4O2. The third kappa shape index (κ3) is 4.09. The minimum Gasteiger partial charge on any atom is -0.454 e. The Bertz CT molecular complexity index is 850. The number of hydrogen-bond donors (Lipinski definition) is 1. The Morgan fingerprint density at radius 1 is 1.28 bits per heavy atom. The van der Waals surface area contributed by atoms with Crippen LogP contribution in [0.5, 0.6) is 0 Å². The first-order valence-corrected chi connectivity index (χ1v) is 8.12. The third-order valence-electron chi connectivity index (χ3n) is 3.98. The quantitative estimate of drug-likeness (QED) is 0.751. The van der Waals surface area contributed by atoms with Gasteiger partial charge in [-0.15, -0.1) is 0 Å². The van der Waals surface area contributed by atoms with Crippen molar-refractivity contribution in [3.05, 3.63) is 71.7 Å². The number of amides is 1. The van der Waals surface area contributed by atoms with E-state index in [0.717, 1.165) is 5.56 Å². The molecule has 2 aromatic heterocycles. The molecular weight excluding hydrogens is 316 g/mol. The van der Waals surface area contributed by atoms with Crippen LogP contribution in [0.4, 0.5) is 5.69 Å². The maximum atomic E-state index is 12.3. The lowest BCUT2D eigenvalue weighted by Crippen LogP contribution is -2.22. The van der Waals surface area contributed by atoms with E-state index in [1.807, 2.05) is 37.0 Å². The molecule has 130 valence electrons. The zero-order chi connectivity index (χ0) is 17.8. The van der Waals surface area contributed by atoms with Crippen LogP contribution in [0.2, 0.25) is 0 Å². The minimum atomic E-state index is -0.216. The van der Waals surface area contributed by atoms with E-state index in [4.69, 9.17) is 4.42 Å². The molecule has 25 heavy (non-hydrogen) atoms. The van der Waals surface area contributed by atoms with Gasteiger partial charge in [-0.25, -0.2) is 4.98 Å². The normalized spacial score (nSPS) is 10.7. The predicted octanol–water partition coefficient (Wildman–Crippen LogP) is 2.83. The van der Waals surface area contributed by atoms with Gasteiger partial charge in [-0.05, 0) is 36.2 Å². The molecule has 3 rings (SSSR count). The van der Waals surface area contributed by atoms with E-state index in [9.17, 15) is 4.79 Å². The van der Waals surface area contributed by atoms with E-state index in [1.54, 1.807) is 18.6 Å². The van der Waals surface area contributed by atoms with Crippen molar-refractivity contribution in [1.29, 1.82) is 0 Å². The molecule has 0 fully saturated rings. The summed E-state index contributed by atoms with van der Waals surface area (Å²) < 4.78 is 7.50. The molecule has 2 heterocycles. The molecule has 6 nitrogen and oxygen atoms in total. The SMILES string of the molecule is Cc1cc(CNC(=O)c2ccc(Cn3ccnc3)o2)ccc1N(C)C. The second-order valence-corrected chi connectivity index (χ2v) is 6.20.